The van der Waals surface area contributed by atoms with Crippen LogP contribution in [0, 0.1) is 0 Å². The Morgan fingerprint density at radius 3 is 2.42 bits per heavy atom. The average molecular weight is 446 g/mol. The second-order valence-electron chi connectivity index (χ2n) is 6.57. The first-order valence-corrected chi connectivity index (χ1v) is 9.81. The van der Waals surface area contributed by atoms with Crippen LogP contribution in [0.2, 0.25) is 0 Å². The molecule has 0 amide bonds. The van der Waals surface area contributed by atoms with Gasteiger partial charge in [-0.1, -0.05) is 30.3 Å². The minimum atomic E-state index is -4.82. The molecule has 1 N–H and O–H groups in total. The summed E-state index contributed by atoms with van der Waals surface area (Å²) in [6.07, 6.45) is -5.00. The van der Waals surface area contributed by atoms with E-state index in [2.05, 4.69) is 4.74 Å². The van der Waals surface area contributed by atoms with Crippen molar-refractivity contribution in [3.63, 3.8) is 0 Å². The number of fused-ring (bicyclic) bond motifs is 1. The van der Waals surface area contributed by atoms with Crippen molar-refractivity contribution < 1.29 is 37.0 Å². The van der Waals surface area contributed by atoms with E-state index in [9.17, 15) is 27.9 Å². The first kappa shape index (κ1) is 20.7. The summed E-state index contributed by atoms with van der Waals surface area (Å²) < 4.78 is 46.4. The third-order valence-electron chi connectivity index (χ3n) is 4.50. The normalized spacial score (nSPS) is 11.6. The van der Waals surface area contributed by atoms with Gasteiger partial charge in [-0.05, 0) is 35.2 Å². The Morgan fingerprint density at radius 2 is 1.77 bits per heavy atom. The molecule has 0 fully saturated rings. The molecule has 2 heterocycles. The van der Waals surface area contributed by atoms with Crippen LogP contribution < -0.4 is 4.74 Å². The molecule has 0 saturated carbocycles. The van der Waals surface area contributed by atoms with Gasteiger partial charge in [-0.2, -0.15) is 0 Å². The van der Waals surface area contributed by atoms with Gasteiger partial charge in [0.15, 0.2) is 5.76 Å². The van der Waals surface area contributed by atoms with Crippen molar-refractivity contribution in [3.8, 4) is 16.9 Å². The molecule has 0 aliphatic rings. The van der Waals surface area contributed by atoms with Crippen LogP contribution in [0.5, 0.6) is 5.75 Å². The Hall–Kier alpha value is -3.59. The van der Waals surface area contributed by atoms with Crippen molar-refractivity contribution in [1.82, 2.24) is 0 Å². The molecule has 5 nitrogen and oxygen atoms in total. The Bertz CT molecular complexity index is 1240. The van der Waals surface area contributed by atoms with Gasteiger partial charge >= 0.3 is 12.3 Å². The molecule has 0 radical (unpaired) electrons. The predicted octanol–water partition coefficient (Wildman–Crippen LogP) is 6.18. The topological polar surface area (TPSA) is 76.7 Å². The number of alkyl halides is 3. The maximum absolute atomic E-state index is 12.7. The van der Waals surface area contributed by atoms with Crippen molar-refractivity contribution in [2.75, 3.05) is 0 Å². The second kappa shape index (κ2) is 7.92. The summed E-state index contributed by atoms with van der Waals surface area (Å²) in [7, 11) is 0. The number of hydrogen-bond donors (Lipinski definition) is 1. The number of benzene rings is 2. The smallest absolute Gasteiger partial charge is 0.478 e. The number of carbonyl (C=O) groups is 2. The standard InChI is InChI=1S/C22H13F3O5S/c23-22(24,25)30-14-7-5-12(6-8-14)15-11-31-19(20(15)21(27)28)10-16(26)18-9-13-3-1-2-4-17(13)29-18/h1-9,11H,10H2,(H,27,28). The van der Waals surface area contributed by atoms with E-state index >= 15 is 0 Å². The van der Waals surface area contributed by atoms with E-state index < -0.39 is 18.1 Å². The van der Waals surface area contributed by atoms with Crippen LogP contribution in [-0.4, -0.2) is 23.2 Å². The monoisotopic (exact) mass is 446 g/mol. The number of halogens is 3. The van der Waals surface area contributed by atoms with E-state index in [1.165, 1.54) is 12.1 Å². The third kappa shape index (κ3) is 4.46. The Labute approximate surface area is 177 Å². The van der Waals surface area contributed by atoms with Gasteiger partial charge in [0.25, 0.3) is 0 Å². The summed E-state index contributed by atoms with van der Waals surface area (Å²) in [5, 5.41) is 12.0. The van der Waals surface area contributed by atoms with Gasteiger partial charge in [0, 0.05) is 22.2 Å². The van der Waals surface area contributed by atoms with E-state index in [1.807, 2.05) is 6.07 Å². The molecule has 0 unspecified atom stereocenters. The highest BCUT2D eigenvalue weighted by molar-refractivity contribution is 7.11. The first-order chi connectivity index (χ1) is 14.7. The summed E-state index contributed by atoms with van der Waals surface area (Å²) in [6, 6.07) is 13.6. The van der Waals surface area contributed by atoms with Gasteiger partial charge in [0.05, 0.1) is 5.56 Å². The number of aromatic carboxylic acids is 1. The van der Waals surface area contributed by atoms with Crippen LogP contribution in [0.25, 0.3) is 22.1 Å². The largest absolute Gasteiger partial charge is 0.573 e. The highest BCUT2D eigenvalue weighted by Crippen LogP contribution is 2.34. The SMILES string of the molecule is O=C(Cc1scc(-c2ccc(OC(F)(F)F)cc2)c1C(=O)O)c1cc2ccccc2o1. The average Bonchev–Trinajstić information content (AvgIpc) is 3.31. The first-order valence-electron chi connectivity index (χ1n) is 8.93. The quantitative estimate of drug-likeness (QED) is 0.358. The third-order valence-corrected chi connectivity index (χ3v) is 5.49. The lowest BCUT2D eigenvalue weighted by Crippen LogP contribution is -2.16. The second-order valence-corrected chi connectivity index (χ2v) is 7.54. The highest BCUT2D eigenvalue weighted by atomic mass is 32.1. The van der Waals surface area contributed by atoms with E-state index in [0.717, 1.165) is 28.9 Å². The summed E-state index contributed by atoms with van der Waals surface area (Å²) in [4.78, 5) is 24.9. The van der Waals surface area contributed by atoms with Crippen LogP contribution in [-0.2, 0) is 6.42 Å². The van der Waals surface area contributed by atoms with Gasteiger partial charge in [-0.25, -0.2) is 4.79 Å². The van der Waals surface area contributed by atoms with Crippen molar-refractivity contribution >= 4 is 34.1 Å². The summed E-state index contributed by atoms with van der Waals surface area (Å²) in [5.74, 6) is -1.90. The fourth-order valence-corrected chi connectivity index (χ4v) is 4.21. The minimum absolute atomic E-state index is 0.0704. The number of thiophene rings is 1. The lowest BCUT2D eigenvalue weighted by molar-refractivity contribution is -0.274. The molecule has 2 aromatic carbocycles. The van der Waals surface area contributed by atoms with Crippen molar-refractivity contribution in [2.45, 2.75) is 12.8 Å². The number of hydrogen-bond acceptors (Lipinski definition) is 5. The van der Waals surface area contributed by atoms with Gasteiger partial charge in [0.1, 0.15) is 11.3 Å². The molecule has 31 heavy (non-hydrogen) atoms. The number of ketones is 1. The molecular weight excluding hydrogens is 433 g/mol. The summed E-state index contributed by atoms with van der Waals surface area (Å²) in [6.45, 7) is 0. The summed E-state index contributed by atoms with van der Waals surface area (Å²) >= 11 is 1.09. The maximum atomic E-state index is 12.7. The highest BCUT2D eigenvalue weighted by Gasteiger charge is 2.31. The van der Waals surface area contributed by atoms with Crippen LogP contribution in [0.3, 0.4) is 0 Å². The lowest BCUT2D eigenvalue weighted by Gasteiger charge is -2.09. The zero-order valence-corrected chi connectivity index (χ0v) is 16.4. The summed E-state index contributed by atoms with van der Waals surface area (Å²) in [5.41, 5.74) is 1.19. The molecule has 4 aromatic rings. The molecule has 2 aromatic heterocycles. The van der Waals surface area contributed by atoms with Crippen molar-refractivity contribution in [3.05, 3.63) is 76.2 Å². The van der Waals surface area contributed by atoms with Crippen LogP contribution in [0.4, 0.5) is 13.2 Å². The molecule has 4 rings (SSSR count). The number of para-hydroxylation sites is 1. The molecule has 0 saturated heterocycles. The maximum Gasteiger partial charge on any atom is 0.573 e. The van der Waals surface area contributed by atoms with Gasteiger partial charge < -0.3 is 14.3 Å². The fourth-order valence-electron chi connectivity index (χ4n) is 3.16. The number of ether oxygens (including phenoxy) is 1. The molecule has 0 aliphatic carbocycles. The molecular formula is C22H13F3O5S. The van der Waals surface area contributed by atoms with Crippen molar-refractivity contribution in [2.24, 2.45) is 0 Å². The number of furan rings is 1. The van der Waals surface area contributed by atoms with Gasteiger partial charge in [-0.3, -0.25) is 4.79 Å². The zero-order valence-electron chi connectivity index (χ0n) is 15.6. The van der Waals surface area contributed by atoms with Crippen LogP contribution in [0.15, 0.2) is 64.4 Å². The number of carbonyl (C=O) groups excluding carboxylic acids is 1. The van der Waals surface area contributed by atoms with E-state index in [4.69, 9.17) is 4.42 Å². The Balaban J connectivity index is 1.61. The van der Waals surface area contributed by atoms with Gasteiger partial charge in [0.2, 0.25) is 5.78 Å². The van der Waals surface area contributed by atoms with E-state index in [0.29, 0.717) is 21.6 Å². The number of carboxylic acid groups (broad SMARTS) is 1. The molecule has 0 atom stereocenters. The fraction of sp³-hybridized carbons (Fsp3) is 0.0909. The predicted molar refractivity (Wildman–Crippen MR) is 108 cm³/mol. The lowest BCUT2D eigenvalue weighted by atomic mass is 10.0. The van der Waals surface area contributed by atoms with Gasteiger partial charge in [-0.15, -0.1) is 24.5 Å². The molecule has 0 aliphatic heterocycles. The number of Topliss-reactive ketones (excluding diaryl/α,β-unsaturated/α-hetero) is 1. The number of carboxylic acids is 1. The zero-order chi connectivity index (χ0) is 22.2. The van der Waals surface area contributed by atoms with E-state index in [1.54, 1.807) is 29.6 Å². The molecule has 0 spiro atoms. The molecule has 158 valence electrons. The van der Waals surface area contributed by atoms with Crippen LogP contribution >= 0.6 is 11.3 Å². The Morgan fingerprint density at radius 1 is 1.06 bits per heavy atom. The van der Waals surface area contributed by atoms with E-state index in [-0.39, 0.29) is 23.5 Å². The minimum Gasteiger partial charge on any atom is -0.478 e. The molecule has 0 bridgehead atoms. The Kier molecular flexibility index (Phi) is 5.28. The molecule has 9 heteroatoms. The van der Waals surface area contributed by atoms with Crippen molar-refractivity contribution in [1.29, 1.82) is 0 Å². The number of rotatable bonds is 6. The van der Waals surface area contributed by atoms with Crippen LogP contribution in [0.1, 0.15) is 25.8 Å².